The lowest BCUT2D eigenvalue weighted by atomic mass is 10.3. The number of ether oxygens (including phenoxy) is 1. The minimum absolute atomic E-state index is 0.123. The van der Waals surface area contributed by atoms with Crippen LogP contribution in [0.15, 0.2) is 41.3 Å². The Morgan fingerprint density at radius 3 is 2.74 bits per heavy atom. The van der Waals surface area contributed by atoms with E-state index in [2.05, 4.69) is 5.32 Å². The predicted molar refractivity (Wildman–Crippen MR) is 91.6 cm³/mol. The third-order valence-corrected chi connectivity index (χ3v) is 3.70. The van der Waals surface area contributed by atoms with Crippen molar-refractivity contribution in [2.45, 2.75) is 19.9 Å². The van der Waals surface area contributed by atoms with Gasteiger partial charge in [0.2, 0.25) is 5.91 Å². The van der Waals surface area contributed by atoms with Crippen LogP contribution in [-0.4, -0.2) is 17.1 Å². The topological polar surface area (TPSA) is 60.3 Å². The third kappa shape index (κ3) is 4.74. The van der Waals surface area contributed by atoms with Crippen LogP contribution in [0.3, 0.4) is 0 Å². The molecule has 0 atom stereocenters. The molecule has 7 heteroatoms. The molecule has 0 fully saturated rings. The molecule has 0 spiro atoms. The van der Waals surface area contributed by atoms with Crippen molar-refractivity contribution in [1.29, 1.82) is 0 Å². The van der Waals surface area contributed by atoms with Crippen molar-refractivity contribution in [2.24, 2.45) is 0 Å². The van der Waals surface area contributed by atoms with Gasteiger partial charge in [-0.1, -0.05) is 30.1 Å². The van der Waals surface area contributed by atoms with Crippen molar-refractivity contribution < 1.29 is 9.53 Å². The lowest BCUT2D eigenvalue weighted by Gasteiger charge is -2.10. The summed E-state index contributed by atoms with van der Waals surface area (Å²) in [4.78, 5) is 24.2. The Morgan fingerprint density at radius 1 is 1.26 bits per heavy atom. The molecule has 1 heterocycles. The number of pyridine rings is 1. The monoisotopic (exact) mass is 354 g/mol. The van der Waals surface area contributed by atoms with Gasteiger partial charge in [0.1, 0.15) is 6.54 Å². The largest absolute Gasteiger partial charge is 0.488 e. The maximum atomic E-state index is 12.2. The molecule has 122 valence electrons. The number of benzene rings is 1. The molecule has 23 heavy (non-hydrogen) atoms. The fraction of sp³-hybridized carbons (Fsp3) is 0.250. The maximum Gasteiger partial charge on any atom is 0.293 e. The summed E-state index contributed by atoms with van der Waals surface area (Å²) in [5, 5.41) is 3.41. The summed E-state index contributed by atoms with van der Waals surface area (Å²) in [5.41, 5.74) is 0.168. The Labute approximate surface area is 143 Å². The Kier molecular flexibility index (Phi) is 6.07. The molecule has 0 saturated carbocycles. The number of aromatic nitrogens is 1. The second-order valence-corrected chi connectivity index (χ2v) is 5.65. The first-order valence-corrected chi connectivity index (χ1v) is 7.84. The number of carbonyl (C=O) groups is 1. The number of hydrogen-bond donors (Lipinski definition) is 1. The normalized spacial score (nSPS) is 10.4. The average Bonchev–Trinajstić information content (AvgIpc) is 2.52. The van der Waals surface area contributed by atoms with Gasteiger partial charge in [0.05, 0.1) is 16.7 Å². The smallest absolute Gasteiger partial charge is 0.293 e. The quantitative estimate of drug-likeness (QED) is 0.862. The van der Waals surface area contributed by atoms with Gasteiger partial charge in [-0.15, -0.1) is 0 Å². The second kappa shape index (κ2) is 8.04. The van der Waals surface area contributed by atoms with Gasteiger partial charge in [-0.05, 0) is 36.8 Å². The van der Waals surface area contributed by atoms with Gasteiger partial charge in [-0.2, -0.15) is 0 Å². The van der Waals surface area contributed by atoms with Crippen molar-refractivity contribution in [3.8, 4) is 5.75 Å². The van der Waals surface area contributed by atoms with Crippen LogP contribution in [0.2, 0.25) is 10.0 Å². The highest BCUT2D eigenvalue weighted by Gasteiger charge is 2.09. The molecule has 0 aliphatic heterocycles. The summed E-state index contributed by atoms with van der Waals surface area (Å²) in [6.07, 6.45) is 2.34. The molecular weight excluding hydrogens is 339 g/mol. The Bertz CT molecular complexity index is 759. The molecule has 2 rings (SSSR count). The molecule has 0 bridgehead atoms. The molecule has 1 N–H and O–H groups in total. The number of anilines is 1. The van der Waals surface area contributed by atoms with Crippen molar-refractivity contribution in [2.75, 3.05) is 11.9 Å². The Balaban J connectivity index is 2.08. The number of rotatable bonds is 6. The van der Waals surface area contributed by atoms with Gasteiger partial charge < -0.3 is 14.6 Å². The number of hydrogen-bond acceptors (Lipinski definition) is 3. The first-order chi connectivity index (χ1) is 11.0. The summed E-state index contributed by atoms with van der Waals surface area (Å²) in [5.74, 6) is -0.116. The highest BCUT2D eigenvalue weighted by Crippen LogP contribution is 2.24. The number of nitrogens with one attached hydrogen (secondary N) is 1. The van der Waals surface area contributed by atoms with Crippen LogP contribution >= 0.6 is 23.2 Å². The molecule has 0 radical (unpaired) electrons. The Morgan fingerprint density at radius 2 is 2.04 bits per heavy atom. The second-order valence-electron chi connectivity index (χ2n) is 4.83. The maximum absolute atomic E-state index is 12.2. The summed E-state index contributed by atoms with van der Waals surface area (Å²) in [7, 11) is 0. The summed E-state index contributed by atoms with van der Waals surface area (Å²) >= 11 is 11.7. The van der Waals surface area contributed by atoms with E-state index in [-0.39, 0.29) is 23.8 Å². The van der Waals surface area contributed by atoms with Gasteiger partial charge in [-0.3, -0.25) is 9.59 Å². The summed E-state index contributed by atoms with van der Waals surface area (Å²) in [6.45, 7) is 2.28. The van der Waals surface area contributed by atoms with Crippen molar-refractivity contribution in [3.05, 3.63) is 56.9 Å². The summed E-state index contributed by atoms with van der Waals surface area (Å²) in [6, 6.07) is 8.02. The number of amides is 1. The molecular formula is C16H16Cl2N2O3. The van der Waals surface area contributed by atoms with Crippen molar-refractivity contribution in [3.63, 3.8) is 0 Å². The van der Waals surface area contributed by atoms with Crippen molar-refractivity contribution >= 4 is 34.8 Å². The zero-order chi connectivity index (χ0) is 16.8. The molecule has 1 aromatic carbocycles. The molecule has 2 aromatic rings. The van der Waals surface area contributed by atoms with E-state index >= 15 is 0 Å². The molecule has 0 aliphatic carbocycles. The Hall–Kier alpha value is -1.98. The zero-order valence-electron chi connectivity index (χ0n) is 12.5. The van der Waals surface area contributed by atoms with E-state index < -0.39 is 0 Å². The molecule has 5 nitrogen and oxygen atoms in total. The van der Waals surface area contributed by atoms with Gasteiger partial charge in [0, 0.05) is 11.9 Å². The van der Waals surface area contributed by atoms with Gasteiger partial charge in [0.25, 0.3) is 5.56 Å². The van der Waals surface area contributed by atoms with Crippen LogP contribution in [0.1, 0.15) is 13.3 Å². The lowest BCUT2D eigenvalue weighted by Crippen LogP contribution is -2.28. The standard InChI is InChI=1S/C16H16Cl2N2O3/c1-2-8-23-14-4-3-7-20(16(14)22)10-15(21)19-11-5-6-12(17)13(18)9-11/h3-7,9H,2,8,10H2,1H3,(H,19,21). The predicted octanol–water partition coefficient (Wildman–Crippen LogP) is 3.58. The minimum Gasteiger partial charge on any atom is -0.488 e. The number of carbonyl (C=O) groups excluding carboxylic acids is 1. The van der Waals surface area contributed by atoms with Crippen LogP contribution in [-0.2, 0) is 11.3 Å². The third-order valence-electron chi connectivity index (χ3n) is 2.96. The van der Waals surface area contributed by atoms with Gasteiger partial charge in [-0.25, -0.2) is 0 Å². The van der Waals surface area contributed by atoms with Crippen molar-refractivity contribution in [1.82, 2.24) is 4.57 Å². The minimum atomic E-state index is -0.349. The lowest BCUT2D eigenvalue weighted by molar-refractivity contribution is -0.116. The van der Waals surface area contributed by atoms with E-state index in [0.29, 0.717) is 22.3 Å². The molecule has 1 amide bonds. The highest BCUT2D eigenvalue weighted by molar-refractivity contribution is 6.42. The molecule has 0 unspecified atom stereocenters. The number of nitrogens with zero attached hydrogens (tertiary/aromatic N) is 1. The van der Waals surface area contributed by atoms with E-state index in [1.807, 2.05) is 6.92 Å². The van der Waals surface area contributed by atoms with E-state index in [9.17, 15) is 9.59 Å². The SMILES string of the molecule is CCCOc1cccn(CC(=O)Nc2ccc(Cl)c(Cl)c2)c1=O. The average molecular weight is 355 g/mol. The first-order valence-electron chi connectivity index (χ1n) is 7.08. The molecule has 1 aromatic heterocycles. The van der Waals surface area contributed by atoms with Crippen LogP contribution in [0.4, 0.5) is 5.69 Å². The molecule has 0 aliphatic rings. The highest BCUT2D eigenvalue weighted by atomic mass is 35.5. The van der Waals surface area contributed by atoms with Crippen LogP contribution < -0.4 is 15.6 Å². The first kappa shape index (κ1) is 17.4. The summed E-state index contributed by atoms with van der Waals surface area (Å²) < 4.78 is 6.65. The van der Waals surface area contributed by atoms with Crippen LogP contribution in [0.5, 0.6) is 5.75 Å². The number of halogens is 2. The van der Waals surface area contributed by atoms with E-state index in [0.717, 1.165) is 6.42 Å². The van der Waals surface area contributed by atoms with Gasteiger partial charge >= 0.3 is 0 Å². The fourth-order valence-corrected chi connectivity index (χ4v) is 2.19. The fourth-order valence-electron chi connectivity index (χ4n) is 1.89. The van der Waals surface area contributed by atoms with E-state index in [1.165, 1.54) is 10.8 Å². The van der Waals surface area contributed by atoms with Crippen LogP contribution in [0.25, 0.3) is 0 Å². The van der Waals surface area contributed by atoms with Gasteiger partial charge in [0.15, 0.2) is 5.75 Å². The van der Waals surface area contributed by atoms with Crippen LogP contribution in [0, 0.1) is 0 Å². The van der Waals surface area contributed by atoms with E-state index in [4.69, 9.17) is 27.9 Å². The zero-order valence-corrected chi connectivity index (χ0v) is 14.0. The molecule has 0 saturated heterocycles. The van der Waals surface area contributed by atoms with E-state index in [1.54, 1.807) is 30.3 Å².